The van der Waals surface area contributed by atoms with Gasteiger partial charge in [0.15, 0.2) is 5.11 Å². The largest absolute Gasteiger partial charge is 0.323 e. The number of thiocarbonyl (C=S) groups is 1. The summed E-state index contributed by atoms with van der Waals surface area (Å²) in [6, 6.07) is 2.27. The Labute approximate surface area is 134 Å². The Morgan fingerprint density at radius 3 is 2.90 bits per heavy atom. The predicted octanol–water partition coefficient (Wildman–Crippen LogP) is 3.50. The number of aryl methyl sites for hydroxylation is 1. The number of carbonyl (C=O) groups is 1. The first-order chi connectivity index (χ1) is 10.2. The molecule has 0 saturated heterocycles. The van der Waals surface area contributed by atoms with E-state index in [9.17, 15) is 10.1 Å². The summed E-state index contributed by atoms with van der Waals surface area (Å²) in [5, 5.41) is 16.1. The van der Waals surface area contributed by atoms with Gasteiger partial charge < -0.3 is 10.6 Å². The lowest BCUT2D eigenvalue weighted by molar-refractivity contribution is -0.119. The second-order valence-electron chi connectivity index (χ2n) is 5.13. The lowest BCUT2D eigenvalue weighted by Gasteiger charge is -2.09. The fraction of sp³-hybridized carbons (Fsp3) is 0.533. The molecule has 2 N–H and O–H groups in total. The number of amides is 1. The molecular weight excluding hydrogens is 302 g/mol. The summed E-state index contributed by atoms with van der Waals surface area (Å²) in [4.78, 5) is 12.9. The van der Waals surface area contributed by atoms with E-state index in [1.807, 2.05) is 6.92 Å². The summed E-state index contributed by atoms with van der Waals surface area (Å²) >= 11 is 6.75. The first-order valence-electron chi connectivity index (χ1n) is 7.31. The summed E-state index contributed by atoms with van der Waals surface area (Å²) < 4.78 is 0. The number of nitriles is 1. The highest BCUT2D eigenvalue weighted by molar-refractivity contribution is 7.80. The predicted molar refractivity (Wildman–Crippen MR) is 89.6 cm³/mol. The molecule has 1 aliphatic carbocycles. The van der Waals surface area contributed by atoms with Crippen molar-refractivity contribution in [1.82, 2.24) is 5.32 Å². The van der Waals surface area contributed by atoms with Gasteiger partial charge in [-0.15, -0.1) is 11.3 Å². The Hall–Kier alpha value is -1.45. The van der Waals surface area contributed by atoms with Crippen LogP contribution in [-0.2, 0) is 17.6 Å². The van der Waals surface area contributed by atoms with Crippen molar-refractivity contribution in [1.29, 1.82) is 5.26 Å². The third kappa shape index (κ3) is 4.02. The molecule has 1 heterocycles. The minimum absolute atomic E-state index is 0.0748. The number of nitrogens with one attached hydrogen (secondary N) is 2. The van der Waals surface area contributed by atoms with Crippen LogP contribution in [0.4, 0.5) is 5.00 Å². The lowest BCUT2D eigenvalue weighted by atomic mass is 9.96. The van der Waals surface area contributed by atoms with Gasteiger partial charge in [0.25, 0.3) is 0 Å². The fourth-order valence-corrected chi connectivity index (χ4v) is 3.96. The summed E-state index contributed by atoms with van der Waals surface area (Å²) in [5.41, 5.74) is 1.86. The van der Waals surface area contributed by atoms with Crippen LogP contribution in [0.3, 0.4) is 0 Å². The number of nitrogens with zero attached hydrogens (tertiary/aromatic N) is 1. The van der Waals surface area contributed by atoms with Crippen LogP contribution in [0.5, 0.6) is 0 Å². The van der Waals surface area contributed by atoms with Crippen LogP contribution in [0.15, 0.2) is 0 Å². The minimum Gasteiger partial charge on any atom is -0.323 e. The van der Waals surface area contributed by atoms with Crippen LogP contribution in [0, 0.1) is 11.3 Å². The van der Waals surface area contributed by atoms with Crippen LogP contribution in [0.1, 0.15) is 55.0 Å². The van der Waals surface area contributed by atoms with Crippen LogP contribution in [0.25, 0.3) is 0 Å². The molecule has 4 nitrogen and oxygen atoms in total. The Bertz CT molecular complexity index is 586. The Kier molecular flexibility index (Phi) is 5.71. The number of hydrogen-bond acceptors (Lipinski definition) is 4. The van der Waals surface area contributed by atoms with Crippen molar-refractivity contribution < 1.29 is 4.79 Å². The molecule has 2 rings (SSSR count). The molecule has 0 aromatic carbocycles. The Balaban J connectivity index is 2.03. The maximum absolute atomic E-state index is 11.7. The highest BCUT2D eigenvalue weighted by atomic mass is 32.1. The summed E-state index contributed by atoms with van der Waals surface area (Å²) in [6.07, 6.45) is 6.61. The van der Waals surface area contributed by atoms with E-state index in [0.29, 0.717) is 12.0 Å². The van der Waals surface area contributed by atoms with Crippen molar-refractivity contribution in [2.24, 2.45) is 0 Å². The molecule has 1 aromatic rings. The molecule has 1 aliphatic rings. The maximum atomic E-state index is 11.7. The molecular formula is C15H19N3OS2. The zero-order valence-corrected chi connectivity index (χ0v) is 13.8. The molecule has 0 saturated carbocycles. The molecule has 0 spiro atoms. The van der Waals surface area contributed by atoms with E-state index in [-0.39, 0.29) is 11.0 Å². The highest BCUT2D eigenvalue weighted by Crippen LogP contribution is 2.37. The zero-order valence-electron chi connectivity index (χ0n) is 12.1. The van der Waals surface area contributed by atoms with E-state index in [1.165, 1.54) is 11.3 Å². The van der Waals surface area contributed by atoms with Crippen LogP contribution in [0.2, 0.25) is 0 Å². The quantitative estimate of drug-likeness (QED) is 0.833. The van der Waals surface area contributed by atoms with Crippen LogP contribution in [-0.4, -0.2) is 11.0 Å². The standard InChI is InChI=1S/C15H19N3OS2/c1-2-3-8-13(19)17-15(20)18-14-11(9-16)10-6-4-5-7-12(10)21-14/h2-8H2,1H3,(H2,17,18,19,20). The molecule has 0 aliphatic heterocycles. The molecule has 112 valence electrons. The monoisotopic (exact) mass is 321 g/mol. The molecule has 0 bridgehead atoms. The first-order valence-corrected chi connectivity index (χ1v) is 8.53. The second-order valence-corrected chi connectivity index (χ2v) is 6.65. The maximum Gasteiger partial charge on any atom is 0.226 e. The van der Waals surface area contributed by atoms with Crippen molar-refractivity contribution in [3.63, 3.8) is 0 Å². The van der Waals surface area contributed by atoms with E-state index < -0.39 is 0 Å². The van der Waals surface area contributed by atoms with Crippen molar-refractivity contribution >= 4 is 39.6 Å². The third-order valence-electron chi connectivity index (χ3n) is 3.52. The topological polar surface area (TPSA) is 64.9 Å². The van der Waals surface area contributed by atoms with Gasteiger partial charge in [-0.2, -0.15) is 5.26 Å². The van der Waals surface area contributed by atoms with Crippen LogP contribution < -0.4 is 10.6 Å². The number of hydrogen-bond donors (Lipinski definition) is 2. The minimum atomic E-state index is -0.0748. The van der Waals surface area contributed by atoms with Gasteiger partial charge in [0.2, 0.25) is 5.91 Å². The number of rotatable bonds is 4. The summed E-state index contributed by atoms with van der Waals surface area (Å²) in [5.74, 6) is -0.0748. The fourth-order valence-electron chi connectivity index (χ4n) is 2.43. The van der Waals surface area contributed by atoms with Gasteiger partial charge in [-0.25, -0.2) is 0 Å². The van der Waals surface area contributed by atoms with E-state index in [0.717, 1.165) is 42.7 Å². The number of carbonyl (C=O) groups excluding carboxylic acids is 1. The smallest absolute Gasteiger partial charge is 0.226 e. The van der Waals surface area contributed by atoms with Gasteiger partial charge in [0.05, 0.1) is 5.56 Å². The van der Waals surface area contributed by atoms with Crippen LogP contribution >= 0.6 is 23.6 Å². The summed E-state index contributed by atoms with van der Waals surface area (Å²) in [6.45, 7) is 2.04. The SMILES string of the molecule is CCCCC(=O)NC(=S)Nc1sc2c(c1C#N)CCCC2. The van der Waals surface area contributed by atoms with E-state index in [2.05, 4.69) is 16.7 Å². The molecule has 0 fully saturated rings. The molecule has 21 heavy (non-hydrogen) atoms. The summed E-state index contributed by atoms with van der Waals surface area (Å²) in [7, 11) is 0. The third-order valence-corrected chi connectivity index (χ3v) is 4.93. The molecule has 1 aromatic heterocycles. The molecule has 1 amide bonds. The Morgan fingerprint density at radius 1 is 1.43 bits per heavy atom. The van der Waals surface area contributed by atoms with Gasteiger partial charge in [-0.3, -0.25) is 4.79 Å². The van der Waals surface area contributed by atoms with E-state index in [4.69, 9.17) is 12.2 Å². The van der Waals surface area contributed by atoms with Gasteiger partial charge in [0, 0.05) is 11.3 Å². The van der Waals surface area contributed by atoms with E-state index in [1.54, 1.807) is 11.3 Å². The molecule has 6 heteroatoms. The van der Waals surface area contributed by atoms with Gasteiger partial charge in [-0.1, -0.05) is 13.3 Å². The van der Waals surface area contributed by atoms with Crippen molar-refractivity contribution in [3.8, 4) is 6.07 Å². The van der Waals surface area contributed by atoms with Gasteiger partial charge >= 0.3 is 0 Å². The van der Waals surface area contributed by atoms with Crippen molar-refractivity contribution in [2.75, 3.05) is 5.32 Å². The van der Waals surface area contributed by atoms with Crippen molar-refractivity contribution in [3.05, 3.63) is 16.0 Å². The lowest BCUT2D eigenvalue weighted by Crippen LogP contribution is -2.33. The number of anilines is 1. The molecule has 0 unspecified atom stereocenters. The average molecular weight is 321 g/mol. The normalized spacial score (nSPS) is 13.1. The Morgan fingerprint density at radius 2 is 2.19 bits per heavy atom. The van der Waals surface area contributed by atoms with Gasteiger partial charge in [0.1, 0.15) is 11.1 Å². The first kappa shape index (κ1) is 15.9. The molecule has 0 radical (unpaired) electrons. The molecule has 0 atom stereocenters. The second kappa shape index (κ2) is 7.53. The number of fused-ring (bicyclic) bond motifs is 1. The highest BCUT2D eigenvalue weighted by Gasteiger charge is 2.21. The zero-order chi connectivity index (χ0) is 15.2. The van der Waals surface area contributed by atoms with E-state index >= 15 is 0 Å². The number of unbranched alkanes of at least 4 members (excludes halogenated alkanes) is 1. The average Bonchev–Trinajstić information content (AvgIpc) is 2.81. The van der Waals surface area contributed by atoms with Gasteiger partial charge in [-0.05, 0) is 49.9 Å². The number of thiophene rings is 1. The van der Waals surface area contributed by atoms with Crippen molar-refractivity contribution in [2.45, 2.75) is 51.9 Å².